The van der Waals surface area contributed by atoms with Gasteiger partial charge in [0.15, 0.2) is 0 Å². The molecule has 0 saturated carbocycles. The first-order valence-corrected chi connectivity index (χ1v) is 6.95. The zero-order valence-electron chi connectivity index (χ0n) is 12.3. The Morgan fingerprint density at radius 1 is 1.24 bits per heavy atom. The Balaban J connectivity index is 2.25. The van der Waals surface area contributed by atoms with Crippen molar-refractivity contribution in [2.75, 3.05) is 12.3 Å². The van der Waals surface area contributed by atoms with Crippen molar-refractivity contribution >= 4 is 11.6 Å². The quantitative estimate of drug-likeness (QED) is 0.848. The van der Waals surface area contributed by atoms with Gasteiger partial charge in [0, 0.05) is 29.9 Å². The van der Waals surface area contributed by atoms with Crippen LogP contribution >= 0.6 is 0 Å². The largest absolute Gasteiger partial charge is 0.508 e. The SMILES string of the molecule is CCN(Cc1cccc(N)c1)C(=O)c1cccc(O)c1C. The summed E-state index contributed by atoms with van der Waals surface area (Å²) < 4.78 is 0. The number of carbonyl (C=O) groups is 1. The van der Waals surface area contributed by atoms with Gasteiger partial charge in [0.2, 0.25) is 0 Å². The summed E-state index contributed by atoms with van der Waals surface area (Å²) in [5.41, 5.74) is 8.58. The molecule has 3 N–H and O–H groups in total. The maximum absolute atomic E-state index is 12.6. The van der Waals surface area contributed by atoms with E-state index in [4.69, 9.17) is 5.73 Å². The van der Waals surface area contributed by atoms with E-state index in [-0.39, 0.29) is 11.7 Å². The molecular weight excluding hydrogens is 264 g/mol. The van der Waals surface area contributed by atoms with Crippen LogP contribution in [0.4, 0.5) is 5.69 Å². The molecule has 0 aliphatic heterocycles. The Morgan fingerprint density at radius 2 is 1.95 bits per heavy atom. The molecule has 21 heavy (non-hydrogen) atoms. The molecule has 2 rings (SSSR count). The number of rotatable bonds is 4. The fraction of sp³-hybridized carbons (Fsp3) is 0.235. The number of carbonyl (C=O) groups excluding carboxylic acids is 1. The van der Waals surface area contributed by atoms with Crippen molar-refractivity contribution in [2.45, 2.75) is 20.4 Å². The second-order valence-corrected chi connectivity index (χ2v) is 5.01. The summed E-state index contributed by atoms with van der Waals surface area (Å²) in [7, 11) is 0. The minimum Gasteiger partial charge on any atom is -0.508 e. The highest BCUT2D eigenvalue weighted by atomic mass is 16.3. The minimum absolute atomic E-state index is 0.0895. The smallest absolute Gasteiger partial charge is 0.254 e. The molecule has 2 aromatic carbocycles. The molecule has 110 valence electrons. The minimum atomic E-state index is -0.0895. The van der Waals surface area contributed by atoms with Crippen LogP contribution in [0.3, 0.4) is 0 Å². The van der Waals surface area contributed by atoms with Crippen LogP contribution in [0.5, 0.6) is 5.75 Å². The van der Waals surface area contributed by atoms with Crippen molar-refractivity contribution < 1.29 is 9.90 Å². The summed E-state index contributed by atoms with van der Waals surface area (Å²) in [6.45, 7) is 4.76. The lowest BCUT2D eigenvalue weighted by atomic mass is 10.1. The summed E-state index contributed by atoms with van der Waals surface area (Å²) in [4.78, 5) is 14.4. The zero-order chi connectivity index (χ0) is 15.4. The third-order valence-corrected chi connectivity index (χ3v) is 3.53. The van der Waals surface area contributed by atoms with E-state index in [1.807, 2.05) is 31.2 Å². The van der Waals surface area contributed by atoms with E-state index in [1.165, 1.54) is 0 Å². The molecule has 0 saturated heterocycles. The Labute approximate surface area is 124 Å². The number of nitrogen functional groups attached to an aromatic ring is 1. The summed E-state index contributed by atoms with van der Waals surface area (Å²) in [5, 5.41) is 9.74. The van der Waals surface area contributed by atoms with E-state index in [0.717, 1.165) is 5.56 Å². The van der Waals surface area contributed by atoms with E-state index in [1.54, 1.807) is 30.0 Å². The summed E-state index contributed by atoms with van der Waals surface area (Å²) in [5.74, 6) is 0.0502. The van der Waals surface area contributed by atoms with Gasteiger partial charge in [-0.15, -0.1) is 0 Å². The second-order valence-electron chi connectivity index (χ2n) is 5.01. The average Bonchev–Trinajstić information content (AvgIpc) is 2.47. The lowest BCUT2D eigenvalue weighted by Gasteiger charge is -2.22. The fourth-order valence-electron chi connectivity index (χ4n) is 2.26. The molecule has 0 radical (unpaired) electrons. The summed E-state index contributed by atoms with van der Waals surface area (Å²) in [6, 6.07) is 12.5. The Morgan fingerprint density at radius 3 is 2.62 bits per heavy atom. The van der Waals surface area contributed by atoms with Crippen molar-refractivity contribution in [3.05, 3.63) is 59.2 Å². The van der Waals surface area contributed by atoms with E-state index < -0.39 is 0 Å². The number of hydrogen-bond acceptors (Lipinski definition) is 3. The molecule has 0 aliphatic carbocycles. The van der Waals surface area contributed by atoms with Gasteiger partial charge >= 0.3 is 0 Å². The highest BCUT2D eigenvalue weighted by Gasteiger charge is 2.17. The number of nitrogens with two attached hydrogens (primary N) is 1. The number of hydrogen-bond donors (Lipinski definition) is 2. The van der Waals surface area contributed by atoms with E-state index in [2.05, 4.69) is 0 Å². The predicted octanol–water partition coefficient (Wildman–Crippen LogP) is 2.95. The summed E-state index contributed by atoms with van der Waals surface area (Å²) >= 11 is 0. The Bertz CT molecular complexity index is 653. The van der Waals surface area contributed by atoms with Crippen LogP contribution in [0.2, 0.25) is 0 Å². The fourth-order valence-corrected chi connectivity index (χ4v) is 2.26. The number of anilines is 1. The van der Waals surface area contributed by atoms with Crippen molar-refractivity contribution in [1.82, 2.24) is 4.90 Å². The van der Waals surface area contributed by atoms with E-state index in [9.17, 15) is 9.90 Å². The predicted molar refractivity (Wildman–Crippen MR) is 84.1 cm³/mol. The highest BCUT2D eigenvalue weighted by molar-refractivity contribution is 5.96. The average molecular weight is 284 g/mol. The topological polar surface area (TPSA) is 66.6 Å². The number of aromatic hydroxyl groups is 1. The first-order chi connectivity index (χ1) is 10.0. The number of amides is 1. The lowest BCUT2D eigenvalue weighted by Crippen LogP contribution is -2.30. The van der Waals surface area contributed by atoms with Gasteiger partial charge in [0.1, 0.15) is 5.75 Å². The van der Waals surface area contributed by atoms with Crippen LogP contribution in [-0.4, -0.2) is 22.5 Å². The van der Waals surface area contributed by atoms with Gasteiger partial charge < -0.3 is 15.7 Å². The van der Waals surface area contributed by atoms with Crippen LogP contribution in [-0.2, 0) is 6.54 Å². The van der Waals surface area contributed by atoms with Crippen molar-refractivity contribution in [3.63, 3.8) is 0 Å². The number of nitrogens with zero attached hydrogens (tertiary/aromatic N) is 1. The molecule has 0 aliphatic rings. The van der Waals surface area contributed by atoms with E-state index >= 15 is 0 Å². The molecule has 4 heteroatoms. The lowest BCUT2D eigenvalue weighted by molar-refractivity contribution is 0.0751. The molecule has 0 bridgehead atoms. The standard InChI is InChI=1S/C17H20N2O2/c1-3-19(11-13-6-4-7-14(18)10-13)17(21)15-8-5-9-16(20)12(15)2/h4-10,20H,3,11,18H2,1-2H3. The van der Waals surface area contributed by atoms with Crippen LogP contribution in [0.1, 0.15) is 28.4 Å². The monoisotopic (exact) mass is 284 g/mol. The van der Waals surface area contributed by atoms with Crippen LogP contribution < -0.4 is 5.73 Å². The maximum atomic E-state index is 12.6. The molecule has 4 nitrogen and oxygen atoms in total. The number of benzene rings is 2. The molecule has 1 amide bonds. The van der Waals surface area contributed by atoms with Gasteiger partial charge in [-0.25, -0.2) is 0 Å². The van der Waals surface area contributed by atoms with Gasteiger partial charge in [-0.05, 0) is 43.7 Å². The Hall–Kier alpha value is -2.49. The third kappa shape index (κ3) is 3.34. The third-order valence-electron chi connectivity index (χ3n) is 3.53. The normalized spacial score (nSPS) is 10.4. The van der Waals surface area contributed by atoms with Crippen LogP contribution in [0.25, 0.3) is 0 Å². The van der Waals surface area contributed by atoms with Crippen LogP contribution in [0.15, 0.2) is 42.5 Å². The number of phenolic OH excluding ortho intramolecular Hbond substituents is 1. The second kappa shape index (κ2) is 6.31. The molecule has 0 spiro atoms. The Kier molecular flexibility index (Phi) is 4.48. The van der Waals surface area contributed by atoms with Gasteiger partial charge in [-0.3, -0.25) is 4.79 Å². The molecule has 0 unspecified atom stereocenters. The summed E-state index contributed by atoms with van der Waals surface area (Å²) in [6.07, 6.45) is 0. The molecule has 0 aromatic heterocycles. The highest BCUT2D eigenvalue weighted by Crippen LogP contribution is 2.21. The van der Waals surface area contributed by atoms with Crippen molar-refractivity contribution in [2.24, 2.45) is 0 Å². The number of phenols is 1. The molecule has 0 heterocycles. The maximum Gasteiger partial charge on any atom is 0.254 e. The van der Waals surface area contributed by atoms with Gasteiger partial charge in [-0.1, -0.05) is 18.2 Å². The molecule has 0 fully saturated rings. The first kappa shape index (κ1) is 14.9. The van der Waals surface area contributed by atoms with Crippen molar-refractivity contribution in [3.8, 4) is 5.75 Å². The first-order valence-electron chi connectivity index (χ1n) is 6.95. The van der Waals surface area contributed by atoms with Crippen LogP contribution in [0, 0.1) is 6.92 Å². The molecule has 2 aromatic rings. The van der Waals surface area contributed by atoms with Crippen molar-refractivity contribution in [1.29, 1.82) is 0 Å². The van der Waals surface area contributed by atoms with E-state index in [0.29, 0.717) is 29.9 Å². The zero-order valence-corrected chi connectivity index (χ0v) is 12.3. The molecular formula is C17H20N2O2. The van der Waals surface area contributed by atoms with Gasteiger partial charge in [0.25, 0.3) is 5.91 Å². The van der Waals surface area contributed by atoms with Gasteiger partial charge in [-0.2, -0.15) is 0 Å². The molecule has 0 atom stereocenters. The van der Waals surface area contributed by atoms with Gasteiger partial charge in [0.05, 0.1) is 0 Å².